The second-order valence-corrected chi connectivity index (χ2v) is 5.75. The van der Waals surface area contributed by atoms with Gasteiger partial charge in [0.15, 0.2) is 0 Å². The molecule has 0 spiro atoms. The summed E-state index contributed by atoms with van der Waals surface area (Å²) in [5, 5.41) is 6.17. The number of carbonyl (C=O) groups is 1. The number of piperidine rings is 1. The average Bonchev–Trinajstić information content (AvgIpc) is 2.61. The molecule has 1 atom stereocenters. The first-order valence-electron chi connectivity index (χ1n) is 7.85. The van der Waals surface area contributed by atoms with Crippen LogP contribution < -0.4 is 16.2 Å². The standard InChI is InChI=1S/C17H20N4O2/c22-16-8-15(20-11-21-16)10-19-17(23)13-5-3-12(4-6-13)14-2-1-7-18-9-14/h3-6,8,11,14,18H,1-2,7,9-10H2,(H,19,23)(H,20,21,22)/t14-/m1/s1. The lowest BCUT2D eigenvalue weighted by molar-refractivity contribution is 0.0950. The Balaban J connectivity index is 1.60. The SMILES string of the molecule is O=C(NCc1cc(=O)[nH]cn1)c1ccc([C@@H]2CCCNC2)cc1. The van der Waals surface area contributed by atoms with Gasteiger partial charge >= 0.3 is 0 Å². The van der Waals surface area contributed by atoms with E-state index in [0.29, 0.717) is 17.2 Å². The van der Waals surface area contributed by atoms with Crippen molar-refractivity contribution < 1.29 is 4.79 Å². The summed E-state index contributed by atoms with van der Waals surface area (Å²) >= 11 is 0. The van der Waals surface area contributed by atoms with Crippen LogP contribution in [0.4, 0.5) is 0 Å². The van der Waals surface area contributed by atoms with Crippen LogP contribution >= 0.6 is 0 Å². The molecule has 0 saturated carbocycles. The molecule has 1 fully saturated rings. The monoisotopic (exact) mass is 312 g/mol. The van der Waals surface area contributed by atoms with Gasteiger partial charge in [0.2, 0.25) is 0 Å². The van der Waals surface area contributed by atoms with Crippen molar-refractivity contribution in [3.63, 3.8) is 0 Å². The van der Waals surface area contributed by atoms with Crippen molar-refractivity contribution in [3.05, 3.63) is 63.8 Å². The number of nitrogens with one attached hydrogen (secondary N) is 3. The zero-order valence-electron chi connectivity index (χ0n) is 12.8. The topological polar surface area (TPSA) is 86.9 Å². The van der Waals surface area contributed by atoms with Crippen molar-refractivity contribution in [1.29, 1.82) is 0 Å². The van der Waals surface area contributed by atoms with Crippen LogP contribution in [0.1, 0.15) is 40.4 Å². The van der Waals surface area contributed by atoms with E-state index in [2.05, 4.69) is 20.6 Å². The van der Waals surface area contributed by atoms with E-state index in [1.54, 1.807) is 0 Å². The lowest BCUT2D eigenvalue weighted by Crippen LogP contribution is -2.28. The van der Waals surface area contributed by atoms with Gasteiger partial charge in [-0.15, -0.1) is 0 Å². The smallest absolute Gasteiger partial charge is 0.251 e. The Morgan fingerprint density at radius 3 is 2.83 bits per heavy atom. The normalized spacial score (nSPS) is 17.7. The molecule has 23 heavy (non-hydrogen) atoms. The Bertz CT molecular complexity index is 718. The van der Waals surface area contributed by atoms with E-state index in [-0.39, 0.29) is 18.0 Å². The van der Waals surface area contributed by atoms with Crippen molar-refractivity contribution in [1.82, 2.24) is 20.6 Å². The van der Waals surface area contributed by atoms with Gasteiger partial charge in [-0.1, -0.05) is 12.1 Å². The average molecular weight is 312 g/mol. The lowest BCUT2D eigenvalue weighted by Gasteiger charge is -2.23. The number of aromatic amines is 1. The predicted molar refractivity (Wildman–Crippen MR) is 87.3 cm³/mol. The number of hydrogen-bond acceptors (Lipinski definition) is 4. The quantitative estimate of drug-likeness (QED) is 0.791. The van der Waals surface area contributed by atoms with Gasteiger partial charge in [-0.2, -0.15) is 0 Å². The first-order valence-corrected chi connectivity index (χ1v) is 7.85. The van der Waals surface area contributed by atoms with Gasteiger partial charge in [-0.25, -0.2) is 4.98 Å². The van der Waals surface area contributed by atoms with E-state index in [9.17, 15) is 9.59 Å². The highest BCUT2D eigenvalue weighted by Crippen LogP contribution is 2.23. The molecule has 1 amide bonds. The van der Waals surface area contributed by atoms with Crippen LogP contribution in [-0.4, -0.2) is 29.0 Å². The number of nitrogens with zero attached hydrogens (tertiary/aromatic N) is 1. The van der Waals surface area contributed by atoms with Crippen LogP contribution in [0.3, 0.4) is 0 Å². The second-order valence-electron chi connectivity index (χ2n) is 5.75. The third-order valence-electron chi connectivity index (χ3n) is 4.11. The van der Waals surface area contributed by atoms with Crippen molar-refractivity contribution in [2.45, 2.75) is 25.3 Å². The first-order chi connectivity index (χ1) is 11.2. The minimum atomic E-state index is -0.227. The maximum Gasteiger partial charge on any atom is 0.251 e. The molecule has 0 unspecified atom stereocenters. The first kappa shape index (κ1) is 15.4. The molecule has 1 aromatic carbocycles. The summed E-state index contributed by atoms with van der Waals surface area (Å²) in [6, 6.07) is 9.13. The molecule has 1 aliphatic rings. The van der Waals surface area contributed by atoms with E-state index in [4.69, 9.17) is 0 Å². The van der Waals surface area contributed by atoms with Crippen molar-refractivity contribution in [2.24, 2.45) is 0 Å². The number of carbonyl (C=O) groups excluding carboxylic acids is 1. The van der Waals surface area contributed by atoms with Gasteiger partial charge in [-0.05, 0) is 43.0 Å². The number of hydrogen-bond donors (Lipinski definition) is 3. The maximum absolute atomic E-state index is 12.2. The molecule has 2 heterocycles. The van der Waals surface area contributed by atoms with Gasteiger partial charge in [0.25, 0.3) is 11.5 Å². The zero-order chi connectivity index (χ0) is 16.1. The highest BCUT2D eigenvalue weighted by molar-refractivity contribution is 5.94. The highest BCUT2D eigenvalue weighted by atomic mass is 16.1. The molecule has 0 aliphatic carbocycles. The molecule has 1 saturated heterocycles. The fourth-order valence-electron chi connectivity index (χ4n) is 2.82. The Kier molecular flexibility index (Phi) is 4.83. The number of amides is 1. The van der Waals surface area contributed by atoms with E-state index in [1.807, 2.05) is 24.3 Å². The summed E-state index contributed by atoms with van der Waals surface area (Å²) < 4.78 is 0. The van der Waals surface area contributed by atoms with E-state index in [1.165, 1.54) is 30.8 Å². The Morgan fingerprint density at radius 1 is 1.30 bits per heavy atom. The van der Waals surface area contributed by atoms with Crippen LogP contribution in [0.5, 0.6) is 0 Å². The molecule has 120 valence electrons. The van der Waals surface area contributed by atoms with Crippen LogP contribution in [0, 0.1) is 0 Å². The molecule has 0 radical (unpaired) electrons. The Hall–Kier alpha value is -2.47. The summed E-state index contributed by atoms with van der Waals surface area (Å²) in [5.74, 6) is 0.363. The number of benzene rings is 1. The molecular formula is C17H20N4O2. The van der Waals surface area contributed by atoms with Gasteiger partial charge in [0.05, 0.1) is 18.6 Å². The van der Waals surface area contributed by atoms with Crippen LogP contribution in [-0.2, 0) is 6.54 Å². The van der Waals surface area contributed by atoms with Crippen molar-refractivity contribution in [2.75, 3.05) is 13.1 Å². The number of H-pyrrole nitrogens is 1. The summed E-state index contributed by atoms with van der Waals surface area (Å²) in [4.78, 5) is 29.8. The van der Waals surface area contributed by atoms with E-state index in [0.717, 1.165) is 13.1 Å². The van der Waals surface area contributed by atoms with Crippen LogP contribution in [0.25, 0.3) is 0 Å². The van der Waals surface area contributed by atoms with E-state index >= 15 is 0 Å². The van der Waals surface area contributed by atoms with Gasteiger partial charge in [-0.3, -0.25) is 9.59 Å². The molecule has 1 aliphatic heterocycles. The summed E-state index contributed by atoms with van der Waals surface area (Å²) in [7, 11) is 0. The van der Waals surface area contributed by atoms with Crippen molar-refractivity contribution in [3.8, 4) is 0 Å². The summed E-state index contributed by atoms with van der Waals surface area (Å²) in [5.41, 5.74) is 2.19. The minimum absolute atomic E-state index is 0.166. The molecular weight excluding hydrogens is 292 g/mol. The predicted octanol–water partition coefficient (Wildman–Crippen LogP) is 1.17. The zero-order valence-corrected chi connectivity index (χ0v) is 12.8. The third kappa shape index (κ3) is 4.04. The largest absolute Gasteiger partial charge is 0.346 e. The second kappa shape index (κ2) is 7.19. The Labute approximate surface area is 134 Å². The van der Waals surface area contributed by atoms with Crippen LogP contribution in [0.15, 0.2) is 41.5 Å². The van der Waals surface area contributed by atoms with Crippen LogP contribution in [0.2, 0.25) is 0 Å². The van der Waals surface area contributed by atoms with Gasteiger partial charge in [0.1, 0.15) is 0 Å². The molecule has 6 nitrogen and oxygen atoms in total. The Morgan fingerprint density at radius 2 is 2.13 bits per heavy atom. The highest BCUT2D eigenvalue weighted by Gasteiger charge is 2.15. The van der Waals surface area contributed by atoms with Gasteiger partial charge < -0.3 is 15.6 Å². The van der Waals surface area contributed by atoms with Gasteiger partial charge in [0, 0.05) is 18.2 Å². The number of rotatable bonds is 4. The molecule has 3 rings (SSSR count). The molecule has 1 aromatic heterocycles. The number of aromatic nitrogens is 2. The fraction of sp³-hybridized carbons (Fsp3) is 0.353. The van der Waals surface area contributed by atoms with Crippen molar-refractivity contribution >= 4 is 5.91 Å². The summed E-state index contributed by atoms with van der Waals surface area (Å²) in [6.07, 6.45) is 3.71. The molecule has 2 aromatic rings. The molecule has 0 bridgehead atoms. The third-order valence-corrected chi connectivity index (χ3v) is 4.11. The lowest BCUT2D eigenvalue weighted by atomic mass is 9.91. The van der Waals surface area contributed by atoms with E-state index < -0.39 is 0 Å². The minimum Gasteiger partial charge on any atom is -0.346 e. The fourth-order valence-corrected chi connectivity index (χ4v) is 2.82. The maximum atomic E-state index is 12.2. The molecule has 6 heteroatoms. The molecule has 3 N–H and O–H groups in total. The summed E-state index contributed by atoms with van der Waals surface area (Å²) in [6.45, 7) is 2.32.